The minimum atomic E-state index is -0.946. The van der Waals surface area contributed by atoms with Crippen LogP contribution in [0.3, 0.4) is 0 Å². The molecule has 1 aromatic carbocycles. The Bertz CT molecular complexity index is 1180. The molecule has 2 atom stereocenters. The lowest BCUT2D eigenvalue weighted by Gasteiger charge is -2.37. The van der Waals surface area contributed by atoms with Crippen molar-refractivity contribution in [2.75, 3.05) is 38.0 Å². The molecule has 3 amide bonds. The highest BCUT2D eigenvalue weighted by Crippen LogP contribution is 2.24. The van der Waals surface area contributed by atoms with Crippen molar-refractivity contribution in [3.8, 4) is 5.69 Å². The van der Waals surface area contributed by atoms with Gasteiger partial charge in [0.2, 0.25) is 5.91 Å². The lowest BCUT2D eigenvalue weighted by atomic mass is 10.1. The number of hydrogen-bond donors (Lipinski definition) is 3. The molecule has 0 spiro atoms. The maximum absolute atomic E-state index is 12.7. The number of anilines is 1. The van der Waals surface area contributed by atoms with E-state index < -0.39 is 11.2 Å². The van der Waals surface area contributed by atoms with Crippen molar-refractivity contribution in [2.45, 2.75) is 64.2 Å². The molecule has 11 heteroatoms. The Morgan fingerprint density at radius 1 is 1.08 bits per heavy atom. The molecule has 1 aliphatic heterocycles. The van der Waals surface area contributed by atoms with Gasteiger partial charge in [-0.05, 0) is 63.4 Å². The van der Waals surface area contributed by atoms with Crippen molar-refractivity contribution >= 4 is 17.8 Å². The highest BCUT2D eigenvalue weighted by molar-refractivity contribution is 5.89. The van der Waals surface area contributed by atoms with Crippen LogP contribution in [0.15, 0.2) is 41.3 Å². The predicted octanol–water partition coefficient (Wildman–Crippen LogP) is 1.35. The predicted molar refractivity (Wildman–Crippen MR) is 147 cm³/mol. The molecule has 4 rings (SSSR count). The summed E-state index contributed by atoms with van der Waals surface area (Å²) >= 11 is 0. The van der Waals surface area contributed by atoms with E-state index in [4.69, 9.17) is 11.5 Å². The molecule has 1 saturated carbocycles. The van der Waals surface area contributed by atoms with Gasteiger partial charge in [-0.1, -0.05) is 19.1 Å². The van der Waals surface area contributed by atoms with Gasteiger partial charge in [0.1, 0.15) is 5.82 Å². The molecule has 11 nitrogen and oxygen atoms in total. The fraction of sp³-hybridized carbons (Fsp3) is 0.556. The second-order valence-corrected chi connectivity index (χ2v) is 10.9. The quantitative estimate of drug-likeness (QED) is 0.496. The molecule has 2 aliphatic rings. The third-order valence-electron chi connectivity index (χ3n) is 7.41. The van der Waals surface area contributed by atoms with Crippen molar-refractivity contribution in [2.24, 2.45) is 11.5 Å². The first kappa shape index (κ1) is 27.7. The van der Waals surface area contributed by atoms with Crippen LogP contribution in [0.2, 0.25) is 0 Å². The lowest BCUT2D eigenvalue weighted by molar-refractivity contribution is -0.137. The molecule has 1 saturated heterocycles. The second kappa shape index (κ2) is 11.6. The molecular weight excluding hydrogens is 484 g/mol. The Balaban J connectivity index is 1.34. The Hall–Kier alpha value is -3.28. The Kier molecular flexibility index (Phi) is 8.49. The molecule has 2 aromatic rings. The van der Waals surface area contributed by atoms with Crippen LogP contribution in [0.25, 0.3) is 5.69 Å². The number of benzene rings is 1. The zero-order chi connectivity index (χ0) is 27.4. The molecule has 1 aliphatic carbocycles. The van der Waals surface area contributed by atoms with Crippen molar-refractivity contribution in [3.63, 3.8) is 0 Å². The third kappa shape index (κ3) is 6.58. The standard InChI is InChI=1S/C27H40N8O3/c1-4-32(22-10-7-20(28)17-22)18-19-5-8-21(9-6-19)35-12-11-23(31-26(35)38)30-25(37)34-15-13-33(14-16-34)24(36)27(2,3)29/h5-6,8-9,11-12,20,22H,4,7,10,13-18,28-29H2,1-3H3,(H,30,31,37,38)/t20-,22+/m1/s1. The molecule has 2 fully saturated rings. The number of piperazine rings is 1. The normalized spacial score (nSPS) is 20.2. The van der Waals surface area contributed by atoms with Gasteiger partial charge in [0.05, 0.1) is 11.2 Å². The lowest BCUT2D eigenvalue weighted by Crippen LogP contribution is -2.58. The summed E-state index contributed by atoms with van der Waals surface area (Å²) in [5, 5.41) is 2.69. The highest BCUT2D eigenvalue weighted by atomic mass is 16.2. The number of rotatable bonds is 7. The van der Waals surface area contributed by atoms with E-state index in [1.54, 1.807) is 35.9 Å². The van der Waals surface area contributed by atoms with E-state index in [2.05, 4.69) is 22.1 Å². The molecule has 0 bridgehead atoms. The first-order valence-electron chi connectivity index (χ1n) is 13.4. The molecule has 0 radical (unpaired) electrons. The topological polar surface area (TPSA) is 143 Å². The largest absolute Gasteiger partial charge is 0.354 e. The Morgan fingerprint density at radius 3 is 2.29 bits per heavy atom. The highest BCUT2D eigenvalue weighted by Gasteiger charge is 2.31. The van der Waals surface area contributed by atoms with Crippen molar-refractivity contribution in [1.29, 1.82) is 0 Å². The van der Waals surface area contributed by atoms with E-state index in [0.29, 0.717) is 44.0 Å². The number of aromatic nitrogens is 2. The summed E-state index contributed by atoms with van der Waals surface area (Å²) in [5.74, 6) is 0.0416. The number of nitrogens with two attached hydrogens (primary N) is 2. The van der Waals surface area contributed by atoms with E-state index in [1.807, 2.05) is 24.3 Å². The minimum Gasteiger partial charge on any atom is -0.338 e. The zero-order valence-corrected chi connectivity index (χ0v) is 22.6. The number of carbonyl (C=O) groups excluding carboxylic acids is 2. The van der Waals surface area contributed by atoms with Gasteiger partial charge in [0.15, 0.2) is 0 Å². The summed E-state index contributed by atoms with van der Waals surface area (Å²) in [4.78, 5) is 47.6. The third-order valence-corrected chi connectivity index (χ3v) is 7.41. The first-order valence-corrected chi connectivity index (χ1v) is 13.4. The van der Waals surface area contributed by atoms with E-state index in [-0.39, 0.29) is 17.8 Å². The van der Waals surface area contributed by atoms with Crippen molar-refractivity contribution in [1.82, 2.24) is 24.3 Å². The Labute approximate surface area is 223 Å². The van der Waals surface area contributed by atoms with Gasteiger partial charge in [-0.25, -0.2) is 9.59 Å². The summed E-state index contributed by atoms with van der Waals surface area (Å²) in [6, 6.07) is 9.95. The minimum absolute atomic E-state index is 0.142. The average Bonchev–Trinajstić information content (AvgIpc) is 3.33. The van der Waals surface area contributed by atoms with Crippen LogP contribution < -0.4 is 22.5 Å². The number of nitrogens with zero attached hydrogens (tertiary/aromatic N) is 5. The number of carbonyl (C=O) groups is 2. The Morgan fingerprint density at radius 2 is 1.74 bits per heavy atom. The monoisotopic (exact) mass is 524 g/mol. The van der Waals surface area contributed by atoms with Gasteiger partial charge < -0.3 is 21.3 Å². The van der Waals surface area contributed by atoms with Gasteiger partial charge in [0.25, 0.3) is 0 Å². The van der Waals surface area contributed by atoms with Crippen LogP contribution in [0.5, 0.6) is 0 Å². The summed E-state index contributed by atoms with van der Waals surface area (Å²) in [5.41, 5.74) is 12.5. The van der Waals surface area contributed by atoms with Crippen LogP contribution in [0, 0.1) is 0 Å². The fourth-order valence-corrected chi connectivity index (χ4v) is 5.20. The molecular formula is C27H40N8O3. The smallest absolute Gasteiger partial charge is 0.338 e. The van der Waals surface area contributed by atoms with E-state index in [0.717, 1.165) is 32.4 Å². The van der Waals surface area contributed by atoms with Crippen LogP contribution in [-0.4, -0.2) is 86.5 Å². The zero-order valence-electron chi connectivity index (χ0n) is 22.6. The summed E-state index contributed by atoms with van der Waals surface area (Å²) < 4.78 is 1.45. The SMILES string of the molecule is CCN(Cc1ccc(-n2ccc(NC(=O)N3CCN(C(=O)C(C)(C)N)CC3)nc2=O)cc1)[C@H]1CC[C@@H](N)C1. The summed E-state index contributed by atoms with van der Waals surface area (Å²) in [6.45, 7) is 8.89. The molecule has 38 heavy (non-hydrogen) atoms. The number of urea groups is 1. The maximum Gasteiger partial charge on any atom is 0.354 e. The van der Waals surface area contributed by atoms with Crippen molar-refractivity contribution < 1.29 is 9.59 Å². The first-order chi connectivity index (χ1) is 18.0. The van der Waals surface area contributed by atoms with Gasteiger partial charge in [-0.15, -0.1) is 0 Å². The fourth-order valence-electron chi connectivity index (χ4n) is 5.20. The summed E-state index contributed by atoms with van der Waals surface area (Å²) in [7, 11) is 0. The van der Waals surface area contributed by atoms with Crippen LogP contribution in [0.4, 0.5) is 10.6 Å². The van der Waals surface area contributed by atoms with Gasteiger partial charge in [0, 0.05) is 51.0 Å². The van der Waals surface area contributed by atoms with E-state index in [9.17, 15) is 14.4 Å². The van der Waals surface area contributed by atoms with E-state index >= 15 is 0 Å². The van der Waals surface area contributed by atoms with Gasteiger partial charge in [-0.2, -0.15) is 4.98 Å². The number of hydrogen-bond acceptors (Lipinski definition) is 7. The molecule has 2 heterocycles. The van der Waals surface area contributed by atoms with Crippen molar-refractivity contribution in [3.05, 3.63) is 52.6 Å². The summed E-state index contributed by atoms with van der Waals surface area (Å²) in [6.07, 6.45) is 4.87. The second-order valence-electron chi connectivity index (χ2n) is 10.9. The number of nitrogens with one attached hydrogen (secondary N) is 1. The molecule has 206 valence electrons. The average molecular weight is 525 g/mol. The van der Waals surface area contributed by atoms with Gasteiger partial charge in [-0.3, -0.25) is 19.6 Å². The number of amides is 3. The molecule has 0 unspecified atom stereocenters. The molecule has 1 aromatic heterocycles. The maximum atomic E-state index is 12.7. The van der Waals surface area contributed by atoms with Crippen LogP contribution in [-0.2, 0) is 11.3 Å². The van der Waals surface area contributed by atoms with E-state index in [1.165, 1.54) is 10.1 Å². The molecule has 5 N–H and O–H groups in total. The van der Waals surface area contributed by atoms with Crippen LogP contribution in [0.1, 0.15) is 45.6 Å². The van der Waals surface area contributed by atoms with Crippen LogP contribution >= 0.6 is 0 Å². The van der Waals surface area contributed by atoms with Gasteiger partial charge >= 0.3 is 11.7 Å².